The van der Waals surface area contributed by atoms with Crippen LogP contribution in [0.15, 0.2) is 66.9 Å². The Morgan fingerprint density at radius 3 is 2.31 bits per heavy atom. The topological polar surface area (TPSA) is 12.9 Å². The van der Waals surface area contributed by atoms with Crippen molar-refractivity contribution in [2.75, 3.05) is 0 Å². The number of hydrogen-bond acceptors (Lipinski definition) is 1. The first kappa shape index (κ1) is 9.10. The lowest BCUT2D eigenvalue weighted by Gasteiger charge is -2.05. The van der Waals surface area contributed by atoms with Gasteiger partial charge in [-0.15, -0.1) is 0 Å². The second-order valence-corrected chi connectivity index (χ2v) is 3.74. The highest BCUT2D eigenvalue weighted by atomic mass is 14.6. The predicted octanol–water partition coefficient (Wildman–Crippen LogP) is 3.90. The van der Waals surface area contributed by atoms with Crippen molar-refractivity contribution in [2.45, 2.75) is 0 Å². The molecule has 0 atom stereocenters. The third-order valence-electron chi connectivity index (χ3n) is 2.73. The van der Waals surface area contributed by atoms with E-state index in [0.717, 1.165) is 5.52 Å². The molecule has 0 N–H and O–H groups in total. The molecule has 76 valence electrons. The van der Waals surface area contributed by atoms with Crippen molar-refractivity contribution in [2.24, 2.45) is 0 Å². The van der Waals surface area contributed by atoms with Crippen LogP contribution < -0.4 is 0 Å². The second kappa shape index (κ2) is 3.78. The van der Waals surface area contributed by atoms with E-state index in [1.807, 2.05) is 24.4 Å². The Labute approximate surface area is 94.4 Å². The molecule has 0 radical (unpaired) electrons. The SMILES string of the molecule is c1ccc(-c2ccnc3ccccc23)cc1. The number of pyridine rings is 1. The largest absolute Gasteiger partial charge is 0.256 e. The van der Waals surface area contributed by atoms with Gasteiger partial charge in [0.05, 0.1) is 5.52 Å². The molecule has 3 rings (SSSR count). The maximum atomic E-state index is 4.37. The smallest absolute Gasteiger partial charge is 0.0708 e. The molecule has 0 amide bonds. The molecule has 16 heavy (non-hydrogen) atoms. The fraction of sp³-hybridized carbons (Fsp3) is 0. The molecule has 1 aromatic heterocycles. The van der Waals surface area contributed by atoms with Crippen LogP contribution in [-0.2, 0) is 0 Å². The molecule has 0 fully saturated rings. The zero-order chi connectivity index (χ0) is 10.8. The maximum absolute atomic E-state index is 4.37. The molecule has 0 spiro atoms. The number of rotatable bonds is 1. The van der Waals surface area contributed by atoms with Gasteiger partial charge in [0.15, 0.2) is 0 Å². The highest BCUT2D eigenvalue weighted by molar-refractivity contribution is 5.94. The zero-order valence-electron chi connectivity index (χ0n) is 8.80. The third-order valence-corrected chi connectivity index (χ3v) is 2.73. The summed E-state index contributed by atoms with van der Waals surface area (Å²) < 4.78 is 0. The minimum Gasteiger partial charge on any atom is -0.256 e. The van der Waals surface area contributed by atoms with Crippen molar-refractivity contribution >= 4 is 10.9 Å². The minimum absolute atomic E-state index is 1.05. The van der Waals surface area contributed by atoms with Gasteiger partial charge in [-0.1, -0.05) is 48.5 Å². The molecule has 0 aliphatic carbocycles. The normalized spacial score (nSPS) is 10.5. The van der Waals surface area contributed by atoms with E-state index < -0.39 is 0 Å². The summed E-state index contributed by atoms with van der Waals surface area (Å²) in [4.78, 5) is 4.37. The van der Waals surface area contributed by atoms with Crippen molar-refractivity contribution in [1.82, 2.24) is 4.98 Å². The molecule has 3 aromatic rings. The average molecular weight is 205 g/mol. The van der Waals surface area contributed by atoms with Crippen LogP contribution in [0.3, 0.4) is 0 Å². The summed E-state index contributed by atoms with van der Waals surface area (Å²) in [5.74, 6) is 0. The summed E-state index contributed by atoms with van der Waals surface area (Å²) >= 11 is 0. The number of hydrogen-bond donors (Lipinski definition) is 0. The summed E-state index contributed by atoms with van der Waals surface area (Å²) in [5, 5.41) is 1.20. The lowest BCUT2D eigenvalue weighted by molar-refractivity contribution is 1.41. The van der Waals surface area contributed by atoms with Crippen LogP contribution in [0.4, 0.5) is 0 Å². The summed E-state index contributed by atoms with van der Waals surface area (Å²) in [7, 11) is 0. The number of benzene rings is 2. The highest BCUT2D eigenvalue weighted by Crippen LogP contribution is 2.26. The summed E-state index contributed by atoms with van der Waals surface area (Å²) in [5.41, 5.74) is 3.52. The molecule has 0 saturated carbocycles. The van der Waals surface area contributed by atoms with Gasteiger partial charge in [-0.25, -0.2) is 0 Å². The summed E-state index contributed by atoms with van der Waals surface area (Å²) in [6, 6.07) is 20.7. The molecule has 0 aliphatic rings. The quantitative estimate of drug-likeness (QED) is 0.587. The Balaban J connectivity index is 2.32. The van der Waals surface area contributed by atoms with Crippen molar-refractivity contribution in [3.8, 4) is 11.1 Å². The summed E-state index contributed by atoms with van der Waals surface area (Å²) in [6.45, 7) is 0. The van der Waals surface area contributed by atoms with Crippen LogP contribution in [0.2, 0.25) is 0 Å². The minimum atomic E-state index is 1.05. The Bertz CT molecular complexity index is 609. The third kappa shape index (κ3) is 1.47. The molecule has 0 saturated heterocycles. The molecule has 1 nitrogen and oxygen atoms in total. The van der Waals surface area contributed by atoms with Crippen molar-refractivity contribution in [1.29, 1.82) is 0 Å². The maximum Gasteiger partial charge on any atom is 0.0708 e. The Morgan fingerprint density at radius 1 is 0.688 bits per heavy atom. The van der Waals surface area contributed by atoms with Crippen LogP contribution in [0.25, 0.3) is 22.0 Å². The first-order chi connectivity index (χ1) is 7.95. The van der Waals surface area contributed by atoms with Crippen LogP contribution in [0.1, 0.15) is 0 Å². The molecular weight excluding hydrogens is 194 g/mol. The van der Waals surface area contributed by atoms with E-state index in [4.69, 9.17) is 0 Å². The lowest BCUT2D eigenvalue weighted by Crippen LogP contribution is -1.83. The predicted molar refractivity (Wildman–Crippen MR) is 67.2 cm³/mol. The van der Waals surface area contributed by atoms with Gasteiger partial charge < -0.3 is 0 Å². The van der Waals surface area contributed by atoms with Gasteiger partial charge in [-0.2, -0.15) is 0 Å². The Hall–Kier alpha value is -2.15. The highest BCUT2D eigenvalue weighted by Gasteiger charge is 2.02. The zero-order valence-corrected chi connectivity index (χ0v) is 8.80. The number of nitrogens with zero attached hydrogens (tertiary/aromatic N) is 1. The standard InChI is InChI=1S/C15H11N/c1-2-6-12(7-3-1)13-10-11-16-15-9-5-4-8-14(13)15/h1-11H. The van der Waals surface area contributed by atoms with Gasteiger partial charge in [0, 0.05) is 11.6 Å². The van der Waals surface area contributed by atoms with E-state index in [1.54, 1.807) is 0 Å². The first-order valence-electron chi connectivity index (χ1n) is 5.34. The van der Waals surface area contributed by atoms with Crippen molar-refractivity contribution < 1.29 is 0 Å². The molecule has 2 aromatic carbocycles. The van der Waals surface area contributed by atoms with Crippen LogP contribution in [0, 0.1) is 0 Å². The lowest BCUT2D eigenvalue weighted by atomic mass is 10.0. The van der Waals surface area contributed by atoms with E-state index in [2.05, 4.69) is 47.4 Å². The van der Waals surface area contributed by atoms with Crippen LogP contribution >= 0.6 is 0 Å². The second-order valence-electron chi connectivity index (χ2n) is 3.74. The fourth-order valence-electron chi connectivity index (χ4n) is 1.97. The van der Waals surface area contributed by atoms with E-state index in [1.165, 1.54) is 16.5 Å². The molecule has 0 aliphatic heterocycles. The molecule has 0 unspecified atom stereocenters. The number of para-hydroxylation sites is 1. The monoisotopic (exact) mass is 205 g/mol. The van der Waals surface area contributed by atoms with Gasteiger partial charge in [-0.05, 0) is 23.3 Å². The number of aromatic nitrogens is 1. The van der Waals surface area contributed by atoms with Gasteiger partial charge in [0.2, 0.25) is 0 Å². The van der Waals surface area contributed by atoms with Crippen LogP contribution in [-0.4, -0.2) is 4.98 Å². The van der Waals surface area contributed by atoms with E-state index in [0.29, 0.717) is 0 Å². The number of fused-ring (bicyclic) bond motifs is 1. The van der Waals surface area contributed by atoms with Crippen molar-refractivity contribution in [3.05, 3.63) is 66.9 Å². The Morgan fingerprint density at radius 2 is 1.44 bits per heavy atom. The molecule has 0 bridgehead atoms. The van der Waals surface area contributed by atoms with Gasteiger partial charge in [-0.3, -0.25) is 4.98 Å². The van der Waals surface area contributed by atoms with E-state index >= 15 is 0 Å². The Kier molecular flexibility index (Phi) is 2.15. The van der Waals surface area contributed by atoms with Gasteiger partial charge in [0.25, 0.3) is 0 Å². The fourth-order valence-corrected chi connectivity index (χ4v) is 1.97. The van der Waals surface area contributed by atoms with Gasteiger partial charge in [0.1, 0.15) is 0 Å². The molecular formula is C15H11N. The first-order valence-corrected chi connectivity index (χ1v) is 5.34. The average Bonchev–Trinajstić information content (AvgIpc) is 2.39. The van der Waals surface area contributed by atoms with Crippen molar-refractivity contribution in [3.63, 3.8) is 0 Å². The molecule has 1 heteroatoms. The summed E-state index contributed by atoms with van der Waals surface area (Å²) in [6.07, 6.45) is 1.87. The van der Waals surface area contributed by atoms with E-state index in [-0.39, 0.29) is 0 Å². The molecule has 1 heterocycles. The van der Waals surface area contributed by atoms with E-state index in [9.17, 15) is 0 Å². The van der Waals surface area contributed by atoms with Crippen LogP contribution in [0.5, 0.6) is 0 Å². The van der Waals surface area contributed by atoms with Gasteiger partial charge >= 0.3 is 0 Å².